The number of nitriles is 1. The summed E-state index contributed by atoms with van der Waals surface area (Å²) in [5, 5.41) is 11.4. The third-order valence-electron chi connectivity index (χ3n) is 4.42. The average Bonchev–Trinajstić information content (AvgIpc) is 3.47. The van der Waals surface area contributed by atoms with Crippen molar-refractivity contribution in [1.82, 2.24) is 9.36 Å². The molecule has 2 heterocycles. The minimum Gasteiger partial charge on any atom is -0.462 e. The van der Waals surface area contributed by atoms with Gasteiger partial charge in [0.2, 0.25) is 15.0 Å². The van der Waals surface area contributed by atoms with E-state index in [1.165, 1.54) is 6.08 Å². The first-order chi connectivity index (χ1) is 16.6. The van der Waals surface area contributed by atoms with E-state index in [9.17, 15) is 23.3 Å². The molecule has 0 aliphatic carbocycles. The Bertz CT molecular complexity index is 1400. The largest absolute Gasteiger partial charge is 0.462 e. The van der Waals surface area contributed by atoms with Gasteiger partial charge in [0, 0.05) is 23.2 Å². The van der Waals surface area contributed by atoms with Gasteiger partial charge in [-0.15, -0.1) is 0 Å². The molecule has 0 fully saturated rings. The molecule has 1 N–H and O–H groups in total. The lowest BCUT2D eigenvalue weighted by Gasteiger charge is -2.02. The smallest absolute Gasteiger partial charge is 0.338 e. The van der Waals surface area contributed by atoms with Gasteiger partial charge in [0.25, 0.3) is 11.1 Å². The molecular formula is C23H22N4O6S2. The third kappa shape index (κ3) is 6.62. The Morgan fingerprint density at radius 3 is 2.57 bits per heavy atom. The van der Waals surface area contributed by atoms with Crippen LogP contribution >= 0.6 is 11.5 Å². The van der Waals surface area contributed by atoms with Crippen LogP contribution in [0.15, 0.2) is 51.5 Å². The van der Waals surface area contributed by atoms with E-state index in [2.05, 4.69) is 14.7 Å². The summed E-state index contributed by atoms with van der Waals surface area (Å²) < 4.78 is 39.0. The van der Waals surface area contributed by atoms with Crippen LogP contribution in [0, 0.1) is 17.2 Å². The van der Waals surface area contributed by atoms with Crippen LogP contribution in [0.1, 0.15) is 36.9 Å². The lowest BCUT2D eigenvalue weighted by atomic mass is 10.1. The number of rotatable bonds is 9. The van der Waals surface area contributed by atoms with Crippen molar-refractivity contribution >= 4 is 44.5 Å². The molecule has 0 bridgehead atoms. The summed E-state index contributed by atoms with van der Waals surface area (Å²) in [6.45, 7) is 5.52. The number of esters is 1. The molecule has 182 valence electrons. The summed E-state index contributed by atoms with van der Waals surface area (Å²) in [6.07, 6.45) is 1.25. The quantitative estimate of drug-likeness (QED) is 0.254. The van der Waals surface area contributed by atoms with Crippen molar-refractivity contribution in [3.05, 3.63) is 53.3 Å². The van der Waals surface area contributed by atoms with E-state index in [1.807, 2.05) is 0 Å². The first kappa shape index (κ1) is 25.8. The Balaban J connectivity index is 1.72. The number of nitrogens with one attached hydrogen (secondary N) is 1. The highest BCUT2D eigenvalue weighted by Gasteiger charge is 2.23. The minimum atomic E-state index is -3.67. The van der Waals surface area contributed by atoms with E-state index in [-0.39, 0.29) is 39.9 Å². The second kappa shape index (κ2) is 11.1. The Morgan fingerprint density at radius 1 is 1.23 bits per heavy atom. The van der Waals surface area contributed by atoms with Crippen molar-refractivity contribution in [3.63, 3.8) is 0 Å². The number of aromatic nitrogens is 2. The number of carbonyl (C=O) groups is 2. The first-order valence-electron chi connectivity index (χ1n) is 10.5. The van der Waals surface area contributed by atoms with E-state index in [1.54, 1.807) is 63.2 Å². The van der Waals surface area contributed by atoms with Crippen LogP contribution < -0.4 is 5.32 Å². The Hall–Kier alpha value is -3.82. The topological polar surface area (TPSA) is 152 Å². The standard InChI is InChI=1S/C23H22N4O6S2/c1-4-32-21(29)16-7-5-15(6-8-16)19-10-9-18(33-19)11-17(12-24)20(28)25-22-26-23(27-34-22)35(30,31)13-14(2)3/h5-11,14H,4,13H2,1-3H3,(H,25,26,27,28). The van der Waals surface area contributed by atoms with Crippen LogP contribution in [0.25, 0.3) is 17.4 Å². The summed E-state index contributed by atoms with van der Waals surface area (Å²) in [5.41, 5.74) is 0.817. The Morgan fingerprint density at radius 2 is 1.94 bits per heavy atom. The summed E-state index contributed by atoms with van der Waals surface area (Å²) in [5.74, 6) is -0.720. The fraction of sp³-hybridized carbons (Fsp3) is 0.261. The van der Waals surface area contributed by atoms with Crippen molar-refractivity contribution in [2.24, 2.45) is 5.92 Å². The van der Waals surface area contributed by atoms with Crippen molar-refractivity contribution in [1.29, 1.82) is 5.26 Å². The van der Waals surface area contributed by atoms with Crippen LogP contribution in [0.2, 0.25) is 0 Å². The van der Waals surface area contributed by atoms with Gasteiger partial charge in [0.05, 0.1) is 17.9 Å². The third-order valence-corrected chi connectivity index (χ3v) is 7.01. The molecule has 35 heavy (non-hydrogen) atoms. The fourth-order valence-electron chi connectivity index (χ4n) is 2.93. The molecule has 10 nitrogen and oxygen atoms in total. The molecule has 0 atom stereocenters. The van der Waals surface area contributed by atoms with E-state index in [4.69, 9.17) is 9.15 Å². The molecule has 1 amide bonds. The summed E-state index contributed by atoms with van der Waals surface area (Å²) in [7, 11) is -3.67. The zero-order chi connectivity index (χ0) is 25.6. The second-order valence-corrected chi connectivity index (χ2v) is 10.4. The van der Waals surface area contributed by atoms with Gasteiger partial charge in [0.15, 0.2) is 0 Å². The minimum absolute atomic E-state index is 0.0414. The van der Waals surface area contributed by atoms with Crippen LogP contribution in [-0.4, -0.2) is 42.0 Å². The number of benzene rings is 1. The Kier molecular flexibility index (Phi) is 8.16. The van der Waals surface area contributed by atoms with Gasteiger partial charge in [-0.3, -0.25) is 10.1 Å². The predicted octanol–water partition coefficient (Wildman–Crippen LogP) is 3.95. The van der Waals surface area contributed by atoms with Crippen molar-refractivity contribution < 1.29 is 27.2 Å². The van der Waals surface area contributed by atoms with Gasteiger partial charge in [-0.25, -0.2) is 13.2 Å². The maximum atomic E-state index is 12.5. The normalized spacial score (nSPS) is 11.8. The molecule has 0 radical (unpaired) electrons. The average molecular weight is 515 g/mol. The molecule has 0 saturated carbocycles. The number of nitrogens with zero attached hydrogens (tertiary/aromatic N) is 3. The number of hydrogen-bond donors (Lipinski definition) is 1. The zero-order valence-electron chi connectivity index (χ0n) is 19.1. The summed E-state index contributed by atoms with van der Waals surface area (Å²) in [6, 6.07) is 11.6. The van der Waals surface area contributed by atoms with Gasteiger partial charge >= 0.3 is 5.97 Å². The molecule has 0 aliphatic rings. The maximum absolute atomic E-state index is 12.5. The van der Waals surface area contributed by atoms with E-state index in [0.29, 0.717) is 28.4 Å². The highest BCUT2D eigenvalue weighted by atomic mass is 32.2. The van der Waals surface area contributed by atoms with Crippen molar-refractivity contribution in [2.45, 2.75) is 25.9 Å². The number of hydrogen-bond acceptors (Lipinski definition) is 10. The zero-order valence-corrected chi connectivity index (χ0v) is 20.8. The number of carbonyl (C=O) groups excluding carboxylic acids is 2. The molecule has 1 aromatic carbocycles. The lowest BCUT2D eigenvalue weighted by Crippen LogP contribution is -2.15. The molecule has 0 aliphatic heterocycles. The summed E-state index contributed by atoms with van der Waals surface area (Å²) >= 11 is 0.708. The Labute approximate surface area is 206 Å². The van der Waals surface area contributed by atoms with Gasteiger partial charge in [0.1, 0.15) is 23.2 Å². The highest BCUT2D eigenvalue weighted by molar-refractivity contribution is 7.91. The van der Waals surface area contributed by atoms with Crippen molar-refractivity contribution in [2.75, 3.05) is 17.7 Å². The van der Waals surface area contributed by atoms with E-state index < -0.39 is 21.7 Å². The molecule has 0 spiro atoms. The fourth-order valence-corrected chi connectivity index (χ4v) is 5.28. The lowest BCUT2D eigenvalue weighted by molar-refractivity contribution is -0.112. The van der Waals surface area contributed by atoms with Gasteiger partial charge in [-0.1, -0.05) is 26.0 Å². The van der Waals surface area contributed by atoms with E-state index >= 15 is 0 Å². The molecular weight excluding hydrogens is 492 g/mol. The van der Waals surface area contributed by atoms with Crippen LogP contribution in [-0.2, 0) is 19.4 Å². The molecule has 3 rings (SSSR count). The molecule has 12 heteroatoms. The van der Waals surface area contributed by atoms with E-state index in [0.717, 1.165) is 0 Å². The number of anilines is 1. The second-order valence-electron chi connectivity index (χ2n) is 7.68. The molecule has 0 unspecified atom stereocenters. The maximum Gasteiger partial charge on any atom is 0.338 e. The summed E-state index contributed by atoms with van der Waals surface area (Å²) in [4.78, 5) is 28.2. The number of ether oxygens (including phenoxy) is 1. The molecule has 0 saturated heterocycles. The molecule has 2 aromatic heterocycles. The van der Waals surface area contributed by atoms with Crippen molar-refractivity contribution in [3.8, 4) is 17.4 Å². The predicted molar refractivity (Wildman–Crippen MR) is 129 cm³/mol. The van der Waals surface area contributed by atoms with Crippen LogP contribution in [0.4, 0.5) is 5.13 Å². The van der Waals surface area contributed by atoms with Crippen LogP contribution in [0.5, 0.6) is 0 Å². The first-order valence-corrected chi connectivity index (χ1v) is 12.9. The monoisotopic (exact) mass is 514 g/mol. The number of sulfone groups is 1. The number of furan rings is 1. The number of amides is 1. The SMILES string of the molecule is CCOC(=O)c1ccc(-c2ccc(C=C(C#N)C(=O)Nc3nc(S(=O)(=O)CC(C)C)ns3)o2)cc1. The van der Waals surface area contributed by atoms with Gasteiger partial charge in [-0.2, -0.15) is 14.6 Å². The van der Waals surface area contributed by atoms with Gasteiger partial charge in [-0.05, 0) is 37.1 Å². The van der Waals surface area contributed by atoms with Crippen LogP contribution in [0.3, 0.4) is 0 Å². The molecule has 3 aromatic rings. The van der Waals surface area contributed by atoms with Gasteiger partial charge < -0.3 is 9.15 Å². The highest BCUT2D eigenvalue weighted by Crippen LogP contribution is 2.24.